The molecule has 1 amide bonds. The van der Waals surface area contributed by atoms with Crippen molar-refractivity contribution in [3.63, 3.8) is 0 Å². The second-order valence-corrected chi connectivity index (χ2v) is 9.11. The van der Waals surface area contributed by atoms with E-state index < -0.39 is 15.8 Å². The minimum Gasteiger partial charge on any atom is -0.305 e. The summed E-state index contributed by atoms with van der Waals surface area (Å²) < 4.78 is 41.4. The number of carbonyl (C=O) groups excluding carboxylic acids is 1. The summed E-state index contributed by atoms with van der Waals surface area (Å²) in [7, 11) is -2.28. The van der Waals surface area contributed by atoms with Crippen molar-refractivity contribution >= 4 is 27.3 Å². The summed E-state index contributed by atoms with van der Waals surface area (Å²) in [5.41, 5.74) is 1.97. The molecule has 1 aliphatic heterocycles. The van der Waals surface area contributed by atoms with Gasteiger partial charge in [0.15, 0.2) is 0 Å². The van der Waals surface area contributed by atoms with Crippen molar-refractivity contribution in [2.75, 3.05) is 22.8 Å². The van der Waals surface area contributed by atoms with E-state index >= 15 is 0 Å². The number of para-hydroxylation sites is 2. The van der Waals surface area contributed by atoms with Gasteiger partial charge in [-0.1, -0.05) is 30.3 Å². The number of hydrogen-bond acceptors (Lipinski definition) is 3. The fraction of sp³-hybridized carbons (Fsp3) is 0.174. The van der Waals surface area contributed by atoms with Crippen LogP contribution in [0.15, 0.2) is 77.7 Å². The van der Waals surface area contributed by atoms with Gasteiger partial charge in [0.05, 0.1) is 16.3 Å². The highest BCUT2D eigenvalue weighted by Gasteiger charge is 2.27. The molecule has 0 unspecified atom stereocenters. The lowest BCUT2D eigenvalue weighted by atomic mass is 10.0. The Hall–Kier alpha value is -3.19. The molecule has 0 aliphatic carbocycles. The number of aryl methyl sites for hydroxylation is 1. The predicted octanol–water partition coefficient (Wildman–Crippen LogP) is 4.24. The van der Waals surface area contributed by atoms with E-state index in [1.54, 1.807) is 30.3 Å². The van der Waals surface area contributed by atoms with E-state index in [1.165, 1.54) is 46.6 Å². The molecule has 0 saturated carbocycles. The number of carbonyl (C=O) groups is 1. The molecular formula is C23H21FN2O3S. The second kappa shape index (κ2) is 7.91. The van der Waals surface area contributed by atoms with Crippen molar-refractivity contribution in [3.05, 3.63) is 89.7 Å². The number of rotatable bonds is 4. The van der Waals surface area contributed by atoms with Crippen LogP contribution in [0.2, 0.25) is 0 Å². The first-order chi connectivity index (χ1) is 14.4. The lowest BCUT2D eigenvalue weighted by Gasteiger charge is -2.30. The third-order valence-electron chi connectivity index (χ3n) is 5.29. The topological polar surface area (TPSA) is 57.7 Å². The number of amides is 1. The standard InChI is InChI=1S/C23H21FN2O3S/c1-25(19-9-3-2-4-10-19)30(28,29)20-14-12-18(13-15-20)23(27)26-16-6-8-17-7-5-11-21(24)22(17)26/h2-5,7,9-15H,6,8,16H2,1H3. The Morgan fingerprint density at radius 3 is 2.37 bits per heavy atom. The van der Waals surface area contributed by atoms with Crippen LogP contribution in [0, 0.1) is 5.82 Å². The molecule has 154 valence electrons. The highest BCUT2D eigenvalue weighted by Crippen LogP contribution is 2.31. The molecule has 1 heterocycles. The number of benzene rings is 3. The molecule has 4 rings (SSSR count). The van der Waals surface area contributed by atoms with E-state index in [1.807, 2.05) is 12.1 Å². The summed E-state index contributed by atoms with van der Waals surface area (Å²) in [6.45, 7) is 0.420. The number of halogens is 1. The third kappa shape index (κ3) is 3.57. The van der Waals surface area contributed by atoms with Crippen LogP contribution >= 0.6 is 0 Å². The van der Waals surface area contributed by atoms with Gasteiger partial charge in [0.2, 0.25) is 0 Å². The quantitative estimate of drug-likeness (QED) is 0.629. The maximum Gasteiger partial charge on any atom is 0.264 e. The fourth-order valence-electron chi connectivity index (χ4n) is 3.67. The zero-order chi connectivity index (χ0) is 21.3. The van der Waals surface area contributed by atoms with Crippen LogP contribution in [-0.4, -0.2) is 27.9 Å². The maximum absolute atomic E-state index is 14.4. The first-order valence-electron chi connectivity index (χ1n) is 9.63. The van der Waals surface area contributed by atoms with E-state index in [4.69, 9.17) is 0 Å². The lowest BCUT2D eigenvalue weighted by Crippen LogP contribution is -2.36. The van der Waals surface area contributed by atoms with Crippen LogP contribution in [-0.2, 0) is 16.4 Å². The van der Waals surface area contributed by atoms with E-state index in [9.17, 15) is 17.6 Å². The van der Waals surface area contributed by atoms with Crippen LogP contribution in [0.5, 0.6) is 0 Å². The van der Waals surface area contributed by atoms with Crippen molar-refractivity contribution in [2.45, 2.75) is 17.7 Å². The van der Waals surface area contributed by atoms with Gasteiger partial charge in [-0.3, -0.25) is 9.10 Å². The Morgan fingerprint density at radius 1 is 0.967 bits per heavy atom. The summed E-state index contributed by atoms with van der Waals surface area (Å²) in [6.07, 6.45) is 1.47. The van der Waals surface area contributed by atoms with Crippen LogP contribution < -0.4 is 9.21 Å². The number of nitrogens with zero attached hydrogens (tertiary/aromatic N) is 2. The summed E-state index contributed by atoms with van der Waals surface area (Å²) in [4.78, 5) is 14.5. The number of anilines is 2. The molecule has 7 heteroatoms. The van der Waals surface area contributed by atoms with Gasteiger partial charge >= 0.3 is 0 Å². The second-order valence-electron chi connectivity index (χ2n) is 7.14. The Bertz CT molecular complexity index is 1180. The molecular weight excluding hydrogens is 403 g/mol. The van der Waals surface area contributed by atoms with Crippen molar-refractivity contribution in [1.29, 1.82) is 0 Å². The van der Waals surface area contributed by atoms with Crippen molar-refractivity contribution in [1.82, 2.24) is 0 Å². The van der Waals surface area contributed by atoms with Gasteiger partial charge in [-0.2, -0.15) is 0 Å². The van der Waals surface area contributed by atoms with Crippen LogP contribution in [0.3, 0.4) is 0 Å². The molecule has 3 aromatic carbocycles. The predicted molar refractivity (Wildman–Crippen MR) is 115 cm³/mol. The monoisotopic (exact) mass is 424 g/mol. The van der Waals surface area contributed by atoms with E-state index in [0.29, 0.717) is 23.5 Å². The van der Waals surface area contributed by atoms with Gasteiger partial charge in [0.25, 0.3) is 15.9 Å². The average molecular weight is 424 g/mol. The third-order valence-corrected chi connectivity index (χ3v) is 7.09. The molecule has 0 atom stereocenters. The SMILES string of the molecule is CN(c1ccccc1)S(=O)(=O)c1ccc(C(=O)N2CCCc3cccc(F)c32)cc1. The molecule has 0 N–H and O–H groups in total. The van der Waals surface area contributed by atoms with E-state index in [2.05, 4.69) is 0 Å². The van der Waals surface area contributed by atoms with Gasteiger partial charge in [0.1, 0.15) is 5.82 Å². The molecule has 3 aromatic rings. The van der Waals surface area contributed by atoms with Crippen LogP contribution in [0.25, 0.3) is 0 Å². The molecule has 0 radical (unpaired) electrons. The van der Waals surface area contributed by atoms with Crippen molar-refractivity contribution in [3.8, 4) is 0 Å². The summed E-state index contributed by atoms with van der Waals surface area (Å²) in [5, 5.41) is 0. The fourth-order valence-corrected chi connectivity index (χ4v) is 4.86. The number of fused-ring (bicyclic) bond motifs is 1. The number of hydrogen-bond donors (Lipinski definition) is 0. The summed E-state index contributed by atoms with van der Waals surface area (Å²) >= 11 is 0. The highest BCUT2D eigenvalue weighted by atomic mass is 32.2. The van der Waals surface area contributed by atoms with Crippen LogP contribution in [0.4, 0.5) is 15.8 Å². The maximum atomic E-state index is 14.4. The average Bonchev–Trinajstić information content (AvgIpc) is 2.78. The lowest BCUT2D eigenvalue weighted by molar-refractivity contribution is 0.0984. The first kappa shape index (κ1) is 20.1. The highest BCUT2D eigenvalue weighted by molar-refractivity contribution is 7.92. The Morgan fingerprint density at radius 2 is 1.67 bits per heavy atom. The molecule has 1 aliphatic rings. The molecule has 30 heavy (non-hydrogen) atoms. The summed E-state index contributed by atoms with van der Waals surface area (Å²) in [5.74, 6) is -0.773. The molecule has 0 bridgehead atoms. The van der Waals surface area contributed by atoms with Gasteiger partial charge in [-0.05, 0) is 60.9 Å². The Labute approximate surface area is 175 Å². The van der Waals surface area contributed by atoms with Gasteiger partial charge in [-0.25, -0.2) is 12.8 Å². The molecule has 0 fully saturated rings. The molecule has 5 nitrogen and oxygen atoms in total. The smallest absolute Gasteiger partial charge is 0.264 e. The van der Waals surface area contributed by atoms with Crippen LogP contribution in [0.1, 0.15) is 22.3 Å². The van der Waals surface area contributed by atoms with Crippen molar-refractivity contribution in [2.24, 2.45) is 0 Å². The van der Waals surface area contributed by atoms with E-state index in [-0.39, 0.29) is 10.8 Å². The first-order valence-corrected chi connectivity index (χ1v) is 11.1. The Kier molecular flexibility index (Phi) is 5.30. The molecule has 0 aromatic heterocycles. The van der Waals surface area contributed by atoms with Gasteiger partial charge in [0, 0.05) is 19.2 Å². The molecule has 0 saturated heterocycles. The summed E-state index contributed by atoms with van der Waals surface area (Å²) in [6, 6.07) is 19.3. The van der Waals surface area contributed by atoms with E-state index in [0.717, 1.165) is 18.4 Å². The zero-order valence-corrected chi connectivity index (χ0v) is 17.3. The van der Waals surface area contributed by atoms with Crippen molar-refractivity contribution < 1.29 is 17.6 Å². The largest absolute Gasteiger partial charge is 0.305 e. The number of sulfonamides is 1. The minimum atomic E-state index is -3.77. The minimum absolute atomic E-state index is 0.0793. The molecule has 0 spiro atoms. The normalized spacial score (nSPS) is 13.6. The zero-order valence-electron chi connectivity index (χ0n) is 16.5. The van der Waals surface area contributed by atoms with Gasteiger partial charge in [-0.15, -0.1) is 0 Å². The Balaban J connectivity index is 1.61. The van der Waals surface area contributed by atoms with Gasteiger partial charge < -0.3 is 4.90 Å².